The number of benzene rings is 2. The molecule has 0 unspecified atom stereocenters. The summed E-state index contributed by atoms with van der Waals surface area (Å²) >= 11 is 6.30. The Kier molecular flexibility index (Phi) is 9.63. The van der Waals surface area contributed by atoms with Gasteiger partial charge in [0.25, 0.3) is 10.1 Å². The van der Waals surface area contributed by atoms with Gasteiger partial charge in [0, 0.05) is 4.90 Å². The Bertz CT molecular complexity index is 1280. The van der Waals surface area contributed by atoms with Gasteiger partial charge in [0.2, 0.25) is 0 Å². The highest BCUT2D eigenvalue weighted by atomic mass is 35.5. The lowest BCUT2D eigenvalue weighted by Crippen LogP contribution is -2.19. The fraction of sp³-hybridized carbons (Fsp3) is 0.111. The van der Waals surface area contributed by atoms with E-state index in [4.69, 9.17) is 22.6 Å². The zero-order chi connectivity index (χ0) is 25.5. The van der Waals surface area contributed by atoms with Crippen LogP contribution in [-0.4, -0.2) is 30.0 Å². The van der Waals surface area contributed by atoms with Crippen molar-refractivity contribution in [1.29, 1.82) is 0 Å². The van der Waals surface area contributed by atoms with Crippen molar-refractivity contribution in [1.82, 2.24) is 0 Å². The molecule has 0 saturated heterocycles. The predicted molar refractivity (Wildman–Crippen MR) is 123 cm³/mol. The molecule has 0 aliphatic carbocycles. The summed E-state index contributed by atoms with van der Waals surface area (Å²) in [5.41, 5.74) is 5.48. The number of urea groups is 1. The second-order valence-corrected chi connectivity index (χ2v) is 8.81. The molecule has 16 heteroatoms. The third-order valence-electron chi connectivity index (χ3n) is 3.79. The summed E-state index contributed by atoms with van der Waals surface area (Å²) in [4.78, 5) is 15.1. The molecule has 0 aliphatic heterocycles. The first kappa shape index (κ1) is 27.3. The van der Waals surface area contributed by atoms with Gasteiger partial charge in [-0.1, -0.05) is 16.6 Å². The zero-order valence-corrected chi connectivity index (χ0v) is 19.8. The zero-order valence-electron chi connectivity index (χ0n) is 17.4. The maximum absolute atomic E-state index is 13.3. The number of nitrogens with zero attached hydrogens (tertiary/aromatic N) is 3. The number of carbonyl (C=O) groups is 1. The standard InChI is InChI=1S/C18H17ClFN5O7S2/c1-9(20)17(19)10(2)22-11-3-5-13(15(7-11)23-18(21)26)24-25-14-6-4-12(33-32-31-27)8-16(14)34(28,29)30/h3-8,27H,1-2H3,(H3,21,23,26)(H,28,29,30). The van der Waals surface area contributed by atoms with E-state index < -0.39 is 26.9 Å². The lowest BCUT2D eigenvalue weighted by molar-refractivity contribution is -0.432. The second kappa shape index (κ2) is 12.0. The minimum Gasteiger partial charge on any atom is -0.351 e. The third kappa shape index (κ3) is 7.84. The van der Waals surface area contributed by atoms with E-state index in [2.05, 4.69) is 29.9 Å². The minimum absolute atomic E-state index is 0.0514. The Morgan fingerprint density at radius 3 is 2.41 bits per heavy atom. The van der Waals surface area contributed by atoms with Crippen LogP contribution < -0.4 is 11.1 Å². The van der Waals surface area contributed by atoms with Crippen LogP contribution >= 0.6 is 23.6 Å². The Balaban J connectivity index is 2.50. The van der Waals surface area contributed by atoms with Gasteiger partial charge in [-0.3, -0.25) is 9.55 Å². The summed E-state index contributed by atoms with van der Waals surface area (Å²) in [5.74, 6) is -0.627. The summed E-state index contributed by atoms with van der Waals surface area (Å²) in [6, 6.07) is 6.81. The molecule has 2 amide bonds. The van der Waals surface area contributed by atoms with Gasteiger partial charge in [-0.15, -0.1) is 14.6 Å². The predicted octanol–water partition coefficient (Wildman–Crippen LogP) is 5.80. The maximum atomic E-state index is 13.3. The number of hydrogen-bond donors (Lipinski definition) is 4. The van der Waals surface area contributed by atoms with E-state index in [0.29, 0.717) is 12.0 Å². The number of allylic oxidation sites excluding steroid dienone is 2. The van der Waals surface area contributed by atoms with Crippen LogP contribution in [0.15, 0.2) is 72.3 Å². The number of anilines is 1. The molecule has 0 heterocycles. The molecule has 0 bridgehead atoms. The molecule has 0 atom stereocenters. The highest BCUT2D eigenvalue weighted by Gasteiger charge is 2.17. The van der Waals surface area contributed by atoms with Crippen molar-refractivity contribution in [2.24, 2.45) is 21.0 Å². The van der Waals surface area contributed by atoms with Gasteiger partial charge in [-0.05, 0) is 50.2 Å². The monoisotopic (exact) mass is 533 g/mol. The number of rotatable bonds is 9. The third-order valence-corrected chi connectivity index (χ3v) is 5.78. The average molecular weight is 534 g/mol. The van der Waals surface area contributed by atoms with Gasteiger partial charge in [0.15, 0.2) is 0 Å². The average Bonchev–Trinajstić information content (AvgIpc) is 2.75. The van der Waals surface area contributed by atoms with Crippen molar-refractivity contribution in [2.45, 2.75) is 23.6 Å². The Morgan fingerprint density at radius 2 is 1.82 bits per heavy atom. The molecule has 0 spiro atoms. The molecule has 2 aromatic rings. The molecule has 0 radical (unpaired) electrons. The van der Waals surface area contributed by atoms with E-state index in [1.54, 1.807) is 0 Å². The van der Waals surface area contributed by atoms with Crippen molar-refractivity contribution < 1.29 is 36.8 Å². The first-order chi connectivity index (χ1) is 15.9. The number of nitrogens with one attached hydrogen (secondary N) is 1. The molecule has 34 heavy (non-hydrogen) atoms. The molecular weight excluding hydrogens is 517 g/mol. The summed E-state index contributed by atoms with van der Waals surface area (Å²) in [6.07, 6.45) is 0. The quantitative estimate of drug-likeness (QED) is 0.0777. The van der Waals surface area contributed by atoms with Gasteiger partial charge in [-0.2, -0.15) is 8.42 Å². The van der Waals surface area contributed by atoms with Crippen LogP contribution in [0.25, 0.3) is 0 Å². The van der Waals surface area contributed by atoms with Gasteiger partial charge in [0.1, 0.15) is 22.1 Å². The van der Waals surface area contributed by atoms with Gasteiger partial charge < -0.3 is 11.1 Å². The fourth-order valence-electron chi connectivity index (χ4n) is 2.40. The fourth-order valence-corrected chi connectivity index (χ4v) is 3.57. The maximum Gasteiger partial charge on any atom is 0.316 e. The Hall–Kier alpha value is -2.92. The molecule has 2 rings (SSSR count). The van der Waals surface area contributed by atoms with Crippen LogP contribution in [-0.2, 0) is 19.5 Å². The molecular formula is C18H17ClFN5O7S2. The highest BCUT2D eigenvalue weighted by molar-refractivity contribution is 7.94. The van der Waals surface area contributed by atoms with E-state index in [1.807, 2.05) is 0 Å². The van der Waals surface area contributed by atoms with Crippen molar-refractivity contribution in [2.75, 3.05) is 5.32 Å². The number of carbonyl (C=O) groups excluding carboxylic acids is 1. The molecule has 0 aliphatic rings. The molecule has 0 saturated carbocycles. The molecule has 5 N–H and O–H groups in total. The molecule has 12 nitrogen and oxygen atoms in total. The number of azo groups is 1. The summed E-state index contributed by atoms with van der Waals surface area (Å²) < 4.78 is 50.5. The largest absolute Gasteiger partial charge is 0.351 e. The first-order valence-corrected chi connectivity index (χ1v) is 11.4. The van der Waals surface area contributed by atoms with Crippen LogP contribution in [0.5, 0.6) is 0 Å². The summed E-state index contributed by atoms with van der Waals surface area (Å²) in [7, 11) is -4.73. The van der Waals surface area contributed by atoms with Crippen molar-refractivity contribution in [3.63, 3.8) is 0 Å². The number of amides is 2. The van der Waals surface area contributed by atoms with Crippen LogP contribution in [0.4, 0.5) is 31.9 Å². The van der Waals surface area contributed by atoms with Crippen LogP contribution in [0.2, 0.25) is 0 Å². The SMILES string of the molecule is CC(=Nc1ccc(N=Nc2ccc(SOOO)cc2S(=O)(=O)O)c(NC(N)=O)c1)C(Cl)=C(C)F. The number of nitrogens with two attached hydrogens (primary N) is 1. The number of hydrogen-bond acceptors (Lipinski definition) is 10. The number of aliphatic imine (C=N–C) groups is 1. The highest BCUT2D eigenvalue weighted by Crippen LogP contribution is 2.34. The van der Waals surface area contributed by atoms with Crippen LogP contribution in [0, 0.1) is 0 Å². The summed E-state index contributed by atoms with van der Waals surface area (Å²) in [6.45, 7) is 2.65. The van der Waals surface area contributed by atoms with Crippen LogP contribution in [0.1, 0.15) is 13.8 Å². The van der Waals surface area contributed by atoms with E-state index in [0.717, 1.165) is 6.07 Å². The minimum atomic E-state index is -4.73. The van der Waals surface area contributed by atoms with Crippen molar-refractivity contribution in [3.05, 3.63) is 47.3 Å². The second-order valence-electron chi connectivity index (χ2n) is 6.27. The van der Waals surface area contributed by atoms with E-state index in [1.165, 1.54) is 44.2 Å². The first-order valence-electron chi connectivity index (χ1n) is 8.88. The molecule has 0 aromatic heterocycles. The van der Waals surface area contributed by atoms with Gasteiger partial charge in [-0.25, -0.2) is 14.4 Å². The lowest BCUT2D eigenvalue weighted by atomic mass is 10.2. The van der Waals surface area contributed by atoms with E-state index in [-0.39, 0.29) is 38.4 Å². The van der Waals surface area contributed by atoms with Gasteiger partial charge in [0.05, 0.1) is 34.2 Å². The van der Waals surface area contributed by atoms with Crippen LogP contribution in [0.3, 0.4) is 0 Å². The Morgan fingerprint density at radius 1 is 1.18 bits per heavy atom. The number of halogens is 2. The molecule has 0 fully saturated rings. The normalized spacial score (nSPS) is 13.2. The summed E-state index contributed by atoms with van der Waals surface area (Å²) in [5, 5.41) is 21.5. The van der Waals surface area contributed by atoms with Gasteiger partial charge >= 0.3 is 6.03 Å². The van der Waals surface area contributed by atoms with Crippen molar-refractivity contribution in [3.8, 4) is 0 Å². The molecule has 182 valence electrons. The smallest absolute Gasteiger partial charge is 0.316 e. The van der Waals surface area contributed by atoms with E-state index in [9.17, 15) is 22.2 Å². The Labute approximate surface area is 202 Å². The topological polar surface area (TPSA) is 185 Å². The molecule has 2 aromatic carbocycles. The lowest BCUT2D eigenvalue weighted by Gasteiger charge is -2.08. The van der Waals surface area contributed by atoms with E-state index >= 15 is 0 Å². The number of primary amides is 1. The van der Waals surface area contributed by atoms with Crippen molar-refractivity contribution >= 4 is 68.3 Å².